The summed E-state index contributed by atoms with van der Waals surface area (Å²) in [6.07, 6.45) is 0. The molecule has 7 heteroatoms. The third-order valence-electron chi connectivity index (χ3n) is 3.16. The Balaban J connectivity index is 1.54. The van der Waals surface area contributed by atoms with Crippen molar-refractivity contribution in [3.8, 4) is 17.1 Å². The second-order valence-electron chi connectivity index (χ2n) is 4.96. The van der Waals surface area contributed by atoms with Crippen LogP contribution in [-0.2, 0) is 4.79 Å². The number of rotatable bonds is 5. The van der Waals surface area contributed by atoms with Crippen molar-refractivity contribution in [3.63, 3.8) is 0 Å². The molecule has 2 aromatic carbocycles. The minimum Gasteiger partial charge on any atom is -0.484 e. The highest BCUT2D eigenvalue weighted by atomic mass is 16.5. The summed E-state index contributed by atoms with van der Waals surface area (Å²) in [6.45, 7) is 1.95. The van der Waals surface area contributed by atoms with Crippen LogP contribution >= 0.6 is 0 Å². The molecule has 0 aliphatic rings. The van der Waals surface area contributed by atoms with E-state index in [0.29, 0.717) is 17.3 Å². The highest BCUT2D eigenvalue weighted by Crippen LogP contribution is 2.17. The van der Waals surface area contributed by atoms with Crippen LogP contribution in [0.2, 0.25) is 0 Å². The van der Waals surface area contributed by atoms with Gasteiger partial charge in [0.2, 0.25) is 5.82 Å². The Hall–Kier alpha value is -3.22. The molecule has 1 aromatic heterocycles. The molecule has 116 valence electrons. The molecule has 3 rings (SSSR count). The minimum absolute atomic E-state index is 0.0460. The lowest BCUT2D eigenvalue weighted by molar-refractivity contribution is -0.118. The van der Waals surface area contributed by atoms with Crippen molar-refractivity contribution in [1.29, 1.82) is 0 Å². The molecule has 0 bridgehead atoms. The van der Waals surface area contributed by atoms with Crippen LogP contribution in [0.25, 0.3) is 11.4 Å². The molecule has 1 amide bonds. The van der Waals surface area contributed by atoms with E-state index in [1.54, 1.807) is 24.3 Å². The molecule has 0 aliphatic heterocycles. The van der Waals surface area contributed by atoms with Gasteiger partial charge < -0.3 is 10.1 Å². The molecule has 0 atom stereocenters. The lowest BCUT2D eigenvalue weighted by Gasteiger charge is -2.08. The number of carbonyl (C=O) groups is 1. The average Bonchev–Trinajstić information content (AvgIpc) is 3.09. The summed E-state index contributed by atoms with van der Waals surface area (Å²) < 4.78 is 5.43. The van der Waals surface area contributed by atoms with E-state index in [-0.39, 0.29) is 12.5 Å². The Morgan fingerprint density at radius 2 is 1.87 bits per heavy atom. The minimum atomic E-state index is -0.224. The van der Waals surface area contributed by atoms with Crippen LogP contribution in [0, 0.1) is 6.92 Å². The Morgan fingerprint density at radius 3 is 2.52 bits per heavy atom. The monoisotopic (exact) mass is 309 g/mol. The molecule has 0 radical (unpaired) electrons. The first-order valence-corrected chi connectivity index (χ1v) is 7.04. The van der Waals surface area contributed by atoms with Crippen LogP contribution in [-0.4, -0.2) is 33.1 Å². The van der Waals surface area contributed by atoms with Gasteiger partial charge in [-0.2, -0.15) is 5.21 Å². The number of H-pyrrole nitrogens is 1. The molecule has 0 fully saturated rings. The fourth-order valence-corrected chi connectivity index (χ4v) is 1.97. The van der Waals surface area contributed by atoms with E-state index in [2.05, 4.69) is 25.9 Å². The first-order chi connectivity index (χ1) is 11.2. The summed E-state index contributed by atoms with van der Waals surface area (Å²) in [5.74, 6) is 0.946. The van der Waals surface area contributed by atoms with E-state index in [4.69, 9.17) is 4.74 Å². The topological polar surface area (TPSA) is 92.8 Å². The maximum atomic E-state index is 11.9. The number of hydrogen-bond acceptors (Lipinski definition) is 5. The van der Waals surface area contributed by atoms with Crippen molar-refractivity contribution in [3.05, 3.63) is 54.1 Å². The van der Waals surface area contributed by atoms with E-state index in [1.807, 2.05) is 31.2 Å². The lowest BCUT2D eigenvalue weighted by Crippen LogP contribution is -2.20. The molecule has 0 spiro atoms. The summed E-state index contributed by atoms with van der Waals surface area (Å²) in [5, 5.41) is 16.5. The van der Waals surface area contributed by atoms with Gasteiger partial charge in [-0.15, -0.1) is 10.2 Å². The molecule has 0 saturated heterocycles. The number of hydrogen-bond donors (Lipinski definition) is 2. The van der Waals surface area contributed by atoms with Gasteiger partial charge in [0.15, 0.2) is 6.61 Å². The Bertz CT molecular complexity index is 767. The van der Waals surface area contributed by atoms with Crippen LogP contribution in [0.3, 0.4) is 0 Å². The van der Waals surface area contributed by atoms with Crippen LogP contribution in [0.4, 0.5) is 5.69 Å². The molecular formula is C16H15N5O2. The van der Waals surface area contributed by atoms with Crippen LogP contribution in [0.15, 0.2) is 48.5 Å². The fourth-order valence-electron chi connectivity index (χ4n) is 1.97. The Morgan fingerprint density at radius 1 is 1.13 bits per heavy atom. The number of amides is 1. The normalized spacial score (nSPS) is 10.3. The molecule has 0 saturated carbocycles. The van der Waals surface area contributed by atoms with Crippen molar-refractivity contribution in [2.24, 2.45) is 0 Å². The summed E-state index contributed by atoms with van der Waals surface area (Å²) in [6, 6.07) is 14.7. The number of nitrogens with one attached hydrogen (secondary N) is 2. The van der Waals surface area contributed by atoms with E-state index >= 15 is 0 Å². The Labute approximate surface area is 132 Å². The third kappa shape index (κ3) is 3.91. The van der Waals surface area contributed by atoms with Crippen molar-refractivity contribution < 1.29 is 9.53 Å². The van der Waals surface area contributed by atoms with Gasteiger partial charge in [0.25, 0.3) is 5.91 Å². The van der Waals surface area contributed by atoms with Crippen molar-refractivity contribution in [2.45, 2.75) is 6.92 Å². The van der Waals surface area contributed by atoms with E-state index in [0.717, 1.165) is 11.1 Å². The molecular weight excluding hydrogens is 294 g/mol. The number of aromatic nitrogens is 4. The number of tetrazole rings is 1. The molecule has 0 unspecified atom stereocenters. The van der Waals surface area contributed by atoms with Crippen molar-refractivity contribution in [2.75, 3.05) is 11.9 Å². The Kier molecular flexibility index (Phi) is 4.28. The van der Waals surface area contributed by atoms with Crippen LogP contribution < -0.4 is 10.1 Å². The zero-order chi connectivity index (χ0) is 16.1. The smallest absolute Gasteiger partial charge is 0.262 e. The number of ether oxygens (including phenoxy) is 1. The van der Waals surface area contributed by atoms with Crippen LogP contribution in [0.1, 0.15) is 5.56 Å². The maximum absolute atomic E-state index is 11.9. The van der Waals surface area contributed by atoms with Gasteiger partial charge in [-0.05, 0) is 48.5 Å². The zero-order valence-corrected chi connectivity index (χ0v) is 12.5. The number of aromatic amines is 1. The van der Waals surface area contributed by atoms with E-state index < -0.39 is 0 Å². The van der Waals surface area contributed by atoms with Gasteiger partial charge in [-0.3, -0.25) is 4.79 Å². The molecule has 1 heterocycles. The lowest BCUT2D eigenvalue weighted by atomic mass is 10.2. The van der Waals surface area contributed by atoms with Crippen molar-refractivity contribution >= 4 is 11.6 Å². The van der Waals surface area contributed by atoms with Gasteiger partial charge in [-0.1, -0.05) is 17.7 Å². The van der Waals surface area contributed by atoms with E-state index in [1.165, 1.54) is 0 Å². The standard InChI is InChI=1S/C16H15N5O2/c1-11-2-8-14(9-3-11)23-10-15(22)17-13-6-4-12(5-7-13)16-18-20-21-19-16/h2-9H,10H2,1H3,(H,17,22)(H,18,19,20,21). The van der Waals surface area contributed by atoms with Gasteiger partial charge in [0.05, 0.1) is 0 Å². The highest BCUT2D eigenvalue weighted by molar-refractivity contribution is 5.92. The number of anilines is 1. The molecule has 7 nitrogen and oxygen atoms in total. The molecule has 0 aliphatic carbocycles. The number of nitrogens with zero attached hydrogens (tertiary/aromatic N) is 3. The van der Waals surface area contributed by atoms with Gasteiger partial charge >= 0.3 is 0 Å². The first-order valence-electron chi connectivity index (χ1n) is 7.04. The SMILES string of the molecule is Cc1ccc(OCC(=O)Nc2ccc(-c3nn[nH]n3)cc2)cc1. The largest absolute Gasteiger partial charge is 0.484 e. The predicted octanol–water partition coefficient (Wildman–Crippen LogP) is 2.19. The second kappa shape index (κ2) is 6.69. The third-order valence-corrected chi connectivity index (χ3v) is 3.16. The zero-order valence-electron chi connectivity index (χ0n) is 12.5. The molecule has 3 aromatic rings. The summed E-state index contributed by atoms with van der Waals surface area (Å²) >= 11 is 0. The summed E-state index contributed by atoms with van der Waals surface area (Å²) in [7, 11) is 0. The number of carbonyl (C=O) groups excluding carboxylic acids is 1. The number of benzene rings is 2. The first kappa shape index (κ1) is 14.7. The van der Waals surface area contributed by atoms with Crippen molar-refractivity contribution in [1.82, 2.24) is 20.6 Å². The predicted molar refractivity (Wildman–Crippen MR) is 84.9 cm³/mol. The van der Waals surface area contributed by atoms with Gasteiger partial charge in [0, 0.05) is 11.3 Å². The second-order valence-corrected chi connectivity index (χ2v) is 4.96. The maximum Gasteiger partial charge on any atom is 0.262 e. The average molecular weight is 309 g/mol. The van der Waals surface area contributed by atoms with E-state index in [9.17, 15) is 4.79 Å². The fraction of sp³-hybridized carbons (Fsp3) is 0.125. The van der Waals surface area contributed by atoms with Gasteiger partial charge in [-0.25, -0.2) is 0 Å². The van der Waals surface area contributed by atoms with Crippen LogP contribution in [0.5, 0.6) is 5.75 Å². The van der Waals surface area contributed by atoms with Gasteiger partial charge in [0.1, 0.15) is 5.75 Å². The number of aryl methyl sites for hydroxylation is 1. The highest BCUT2D eigenvalue weighted by Gasteiger charge is 2.06. The summed E-state index contributed by atoms with van der Waals surface area (Å²) in [5.41, 5.74) is 2.63. The quantitative estimate of drug-likeness (QED) is 0.753. The summed E-state index contributed by atoms with van der Waals surface area (Å²) in [4.78, 5) is 11.9. The molecule has 23 heavy (non-hydrogen) atoms. The molecule has 2 N–H and O–H groups in total.